The van der Waals surface area contributed by atoms with Gasteiger partial charge in [-0.1, -0.05) is 32.8 Å². The molecule has 0 fully saturated rings. The van der Waals surface area contributed by atoms with E-state index in [2.05, 4.69) is 24.6 Å². The predicted molar refractivity (Wildman–Crippen MR) is 75.2 cm³/mol. The minimum absolute atomic E-state index is 0.0248. The molecule has 1 aromatic rings. The highest BCUT2D eigenvalue weighted by Crippen LogP contribution is 2.19. The van der Waals surface area contributed by atoms with E-state index in [0.717, 1.165) is 12.8 Å². The van der Waals surface area contributed by atoms with Crippen molar-refractivity contribution in [2.24, 2.45) is 11.8 Å². The average Bonchev–Trinajstić information content (AvgIpc) is 2.39. The van der Waals surface area contributed by atoms with Crippen LogP contribution in [0.3, 0.4) is 0 Å². The highest BCUT2D eigenvalue weighted by atomic mass is 19.1. The lowest BCUT2D eigenvalue weighted by molar-refractivity contribution is 0.0925. The first-order valence-corrected chi connectivity index (χ1v) is 6.61. The second-order valence-electron chi connectivity index (χ2n) is 4.65. The van der Waals surface area contributed by atoms with E-state index in [1.165, 1.54) is 12.1 Å². The van der Waals surface area contributed by atoms with Crippen LogP contribution < -0.4 is 16.6 Å². The fourth-order valence-electron chi connectivity index (χ4n) is 2.26. The van der Waals surface area contributed by atoms with Crippen molar-refractivity contribution in [3.8, 4) is 0 Å². The Morgan fingerprint density at radius 2 is 2.00 bits per heavy atom. The van der Waals surface area contributed by atoms with Crippen LogP contribution in [0.4, 0.5) is 10.1 Å². The van der Waals surface area contributed by atoms with Crippen LogP contribution in [0.2, 0.25) is 0 Å². The molecule has 4 N–H and O–H groups in total. The number of para-hydroxylation sites is 1. The standard InChI is InChI=1S/C14H22FN3O/c1-4-10(5-2)9(3)17-14(19)11-7-6-8-12(15)13(11)18-16/h6-10,18H,4-5,16H2,1-3H3,(H,17,19). The maximum absolute atomic E-state index is 13.5. The topological polar surface area (TPSA) is 67.2 Å². The van der Waals surface area contributed by atoms with E-state index in [0.29, 0.717) is 5.92 Å². The van der Waals surface area contributed by atoms with Gasteiger partial charge in [0.1, 0.15) is 5.82 Å². The Kier molecular flexibility index (Phi) is 5.76. The number of hydrogen-bond acceptors (Lipinski definition) is 3. The van der Waals surface area contributed by atoms with Crippen molar-refractivity contribution >= 4 is 11.6 Å². The zero-order valence-corrected chi connectivity index (χ0v) is 11.7. The van der Waals surface area contributed by atoms with Gasteiger partial charge in [-0.15, -0.1) is 0 Å². The maximum Gasteiger partial charge on any atom is 0.253 e. The summed E-state index contributed by atoms with van der Waals surface area (Å²) in [5.74, 6) is 4.82. The summed E-state index contributed by atoms with van der Waals surface area (Å²) < 4.78 is 13.5. The predicted octanol–water partition coefficient (Wildman–Crippen LogP) is 2.67. The molecule has 0 aromatic heterocycles. The maximum atomic E-state index is 13.5. The van der Waals surface area contributed by atoms with Crippen molar-refractivity contribution in [3.05, 3.63) is 29.6 Å². The fraction of sp³-hybridized carbons (Fsp3) is 0.500. The molecule has 0 saturated carbocycles. The highest BCUT2D eigenvalue weighted by molar-refractivity contribution is 5.99. The lowest BCUT2D eigenvalue weighted by Gasteiger charge is -2.23. The second-order valence-corrected chi connectivity index (χ2v) is 4.65. The van der Waals surface area contributed by atoms with E-state index >= 15 is 0 Å². The molecule has 0 aliphatic heterocycles. The fourth-order valence-corrected chi connectivity index (χ4v) is 2.26. The Labute approximate surface area is 113 Å². The Balaban J connectivity index is 2.87. The molecular weight excluding hydrogens is 245 g/mol. The molecule has 0 aliphatic rings. The number of carbonyl (C=O) groups excluding carboxylic acids is 1. The quantitative estimate of drug-likeness (QED) is 0.548. The number of halogens is 1. The molecule has 0 spiro atoms. The van der Waals surface area contributed by atoms with Crippen LogP contribution in [0.5, 0.6) is 0 Å². The molecule has 0 bridgehead atoms. The Bertz CT molecular complexity index is 433. The van der Waals surface area contributed by atoms with Crippen molar-refractivity contribution in [2.45, 2.75) is 39.7 Å². The summed E-state index contributed by atoms with van der Waals surface area (Å²) in [6.45, 7) is 6.14. The Morgan fingerprint density at radius 3 is 2.53 bits per heavy atom. The van der Waals surface area contributed by atoms with E-state index in [1.807, 2.05) is 6.92 Å². The van der Waals surface area contributed by atoms with Gasteiger partial charge in [0.15, 0.2) is 0 Å². The van der Waals surface area contributed by atoms with Crippen LogP contribution in [-0.2, 0) is 0 Å². The summed E-state index contributed by atoms with van der Waals surface area (Å²) in [6, 6.07) is 4.34. The van der Waals surface area contributed by atoms with Gasteiger partial charge >= 0.3 is 0 Å². The largest absolute Gasteiger partial charge is 0.349 e. The summed E-state index contributed by atoms with van der Waals surface area (Å²) in [6.07, 6.45) is 1.98. The van der Waals surface area contributed by atoms with Crippen molar-refractivity contribution in [3.63, 3.8) is 0 Å². The van der Waals surface area contributed by atoms with Crippen molar-refractivity contribution < 1.29 is 9.18 Å². The third kappa shape index (κ3) is 3.67. The van der Waals surface area contributed by atoms with E-state index in [1.54, 1.807) is 6.07 Å². The molecule has 4 nitrogen and oxygen atoms in total. The minimum Gasteiger partial charge on any atom is -0.349 e. The van der Waals surface area contributed by atoms with Crippen LogP contribution >= 0.6 is 0 Å². The molecular formula is C14H22FN3O. The summed E-state index contributed by atoms with van der Waals surface area (Å²) in [5.41, 5.74) is 2.49. The average molecular weight is 267 g/mol. The molecule has 1 rings (SSSR count). The van der Waals surface area contributed by atoms with Crippen molar-refractivity contribution in [1.29, 1.82) is 0 Å². The smallest absolute Gasteiger partial charge is 0.253 e. The lowest BCUT2D eigenvalue weighted by atomic mass is 9.95. The number of anilines is 1. The monoisotopic (exact) mass is 267 g/mol. The molecule has 5 heteroatoms. The number of benzene rings is 1. The summed E-state index contributed by atoms with van der Waals surface area (Å²) >= 11 is 0. The number of amides is 1. The van der Waals surface area contributed by atoms with Crippen LogP contribution in [0.15, 0.2) is 18.2 Å². The number of hydrogen-bond donors (Lipinski definition) is 3. The normalized spacial score (nSPS) is 12.3. The van der Waals surface area contributed by atoms with Crippen LogP contribution in [-0.4, -0.2) is 11.9 Å². The van der Waals surface area contributed by atoms with Crippen LogP contribution in [0.25, 0.3) is 0 Å². The molecule has 1 amide bonds. The molecule has 1 aromatic carbocycles. The molecule has 1 atom stereocenters. The second kappa shape index (κ2) is 7.09. The number of nitrogens with one attached hydrogen (secondary N) is 2. The third-order valence-electron chi connectivity index (χ3n) is 3.52. The molecule has 0 aliphatic carbocycles. The highest BCUT2D eigenvalue weighted by Gasteiger charge is 2.19. The van der Waals surface area contributed by atoms with Gasteiger partial charge in [0, 0.05) is 6.04 Å². The van der Waals surface area contributed by atoms with Crippen LogP contribution in [0.1, 0.15) is 44.0 Å². The van der Waals surface area contributed by atoms with E-state index in [9.17, 15) is 9.18 Å². The Morgan fingerprint density at radius 1 is 1.37 bits per heavy atom. The van der Waals surface area contributed by atoms with E-state index in [4.69, 9.17) is 5.84 Å². The summed E-state index contributed by atoms with van der Waals surface area (Å²) in [7, 11) is 0. The molecule has 0 heterocycles. The Hall–Kier alpha value is -1.62. The SMILES string of the molecule is CCC(CC)C(C)NC(=O)c1cccc(F)c1NN. The van der Waals surface area contributed by atoms with Gasteiger partial charge in [-0.05, 0) is 25.0 Å². The minimum atomic E-state index is -0.537. The number of nitrogens with two attached hydrogens (primary N) is 1. The zero-order chi connectivity index (χ0) is 14.4. The first-order valence-electron chi connectivity index (χ1n) is 6.61. The van der Waals surface area contributed by atoms with Crippen molar-refractivity contribution in [1.82, 2.24) is 5.32 Å². The first-order chi connectivity index (χ1) is 9.04. The van der Waals surface area contributed by atoms with E-state index in [-0.39, 0.29) is 23.2 Å². The van der Waals surface area contributed by atoms with Gasteiger partial charge in [-0.25, -0.2) is 4.39 Å². The molecule has 19 heavy (non-hydrogen) atoms. The molecule has 1 unspecified atom stereocenters. The van der Waals surface area contributed by atoms with Gasteiger partial charge in [0.2, 0.25) is 0 Å². The zero-order valence-electron chi connectivity index (χ0n) is 11.7. The van der Waals surface area contributed by atoms with Gasteiger partial charge < -0.3 is 10.7 Å². The molecule has 106 valence electrons. The van der Waals surface area contributed by atoms with E-state index < -0.39 is 5.82 Å². The first kappa shape index (κ1) is 15.4. The van der Waals surface area contributed by atoms with Gasteiger partial charge in [-0.3, -0.25) is 10.6 Å². The molecule has 0 saturated heterocycles. The van der Waals surface area contributed by atoms with Crippen LogP contribution in [0, 0.1) is 11.7 Å². The number of nitrogen functional groups attached to an aromatic ring is 1. The molecule has 0 radical (unpaired) electrons. The lowest BCUT2D eigenvalue weighted by Crippen LogP contribution is -2.38. The van der Waals surface area contributed by atoms with Gasteiger partial charge in [0.25, 0.3) is 5.91 Å². The number of carbonyl (C=O) groups is 1. The van der Waals surface area contributed by atoms with Gasteiger partial charge in [-0.2, -0.15) is 0 Å². The third-order valence-corrected chi connectivity index (χ3v) is 3.52. The number of hydrazine groups is 1. The van der Waals surface area contributed by atoms with Gasteiger partial charge in [0.05, 0.1) is 11.3 Å². The summed E-state index contributed by atoms with van der Waals surface area (Å²) in [5, 5.41) is 2.90. The number of rotatable bonds is 6. The summed E-state index contributed by atoms with van der Waals surface area (Å²) in [4.78, 5) is 12.2. The van der Waals surface area contributed by atoms with Crippen molar-refractivity contribution in [2.75, 3.05) is 5.43 Å².